The van der Waals surface area contributed by atoms with Gasteiger partial charge in [-0.1, -0.05) is 0 Å². The number of hydrogen-bond donors (Lipinski definition) is 2. The first-order chi connectivity index (χ1) is 9.02. The van der Waals surface area contributed by atoms with Crippen LogP contribution in [0.1, 0.15) is 35.8 Å². The summed E-state index contributed by atoms with van der Waals surface area (Å²) in [5.41, 5.74) is 6.36. The highest BCUT2D eigenvalue weighted by Gasteiger charge is 2.29. The lowest BCUT2D eigenvalue weighted by molar-refractivity contribution is 0.0565. The minimum absolute atomic E-state index is 0.163. The minimum Gasteiger partial charge on any atom is -0.335 e. The number of H-pyrrole nitrogens is 1. The Balaban J connectivity index is 2.24. The quantitative estimate of drug-likeness (QED) is 0.831. The number of rotatable bonds is 2. The van der Waals surface area contributed by atoms with E-state index in [1.807, 2.05) is 6.92 Å². The molecule has 1 fully saturated rings. The van der Waals surface area contributed by atoms with Crippen LogP contribution >= 0.6 is 0 Å². The number of piperidine rings is 1. The number of aromatic amines is 1. The zero-order valence-electron chi connectivity index (χ0n) is 11.5. The predicted molar refractivity (Wildman–Crippen MR) is 74.1 cm³/mol. The highest BCUT2D eigenvalue weighted by molar-refractivity contribution is 5.94. The van der Waals surface area contributed by atoms with Gasteiger partial charge in [-0.2, -0.15) is 0 Å². The first kappa shape index (κ1) is 13.8. The molecule has 2 unspecified atom stereocenters. The lowest BCUT2D eigenvalue weighted by Gasteiger charge is -2.37. The van der Waals surface area contributed by atoms with Crippen molar-refractivity contribution in [1.82, 2.24) is 9.88 Å². The van der Waals surface area contributed by atoms with Gasteiger partial charge in [-0.15, -0.1) is 0 Å². The van der Waals surface area contributed by atoms with E-state index in [-0.39, 0.29) is 23.1 Å². The molecule has 0 saturated carbocycles. The number of aromatic nitrogens is 1. The molecule has 5 nitrogen and oxygen atoms in total. The molecule has 19 heavy (non-hydrogen) atoms. The summed E-state index contributed by atoms with van der Waals surface area (Å²) < 4.78 is 0. The van der Waals surface area contributed by atoms with Gasteiger partial charge in [0.2, 0.25) is 0 Å². The smallest absolute Gasteiger partial charge is 0.260 e. The van der Waals surface area contributed by atoms with Gasteiger partial charge in [0.25, 0.3) is 11.5 Å². The number of nitrogens with two attached hydrogens (primary N) is 1. The molecule has 1 amide bonds. The zero-order valence-corrected chi connectivity index (χ0v) is 11.5. The van der Waals surface area contributed by atoms with Crippen LogP contribution in [-0.2, 0) is 0 Å². The van der Waals surface area contributed by atoms with E-state index in [4.69, 9.17) is 5.73 Å². The molecule has 0 radical (unpaired) electrons. The number of likely N-dealkylation sites (tertiary alicyclic amines) is 1. The molecule has 1 saturated heterocycles. The van der Waals surface area contributed by atoms with Crippen LogP contribution in [0.5, 0.6) is 0 Å². The maximum Gasteiger partial charge on any atom is 0.260 e. The Labute approximate surface area is 112 Å². The van der Waals surface area contributed by atoms with Crippen molar-refractivity contribution >= 4 is 5.91 Å². The van der Waals surface area contributed by atoms with Crippen molar-refractivity contribution in [2.45, 2.75) is 32.7 Å². The van der Waals surface area contributed by atoms with E-state index in [0.717, 1.165) is 18.5 Å². The average molecular weight is 263 g/mol. The number of aryl methyl sites for hydroxylation is 1. The van der Waals surface area contributed by atoms with Crippen LogP contribution in [0.4, 0.5) is 0 Å². The van der Waals surface area contributed by atoms with Crippen LogP contribution in [0.15, 0.2) is 16.9 Å². The van der Waals surface area contributed by atoms with Crippen LogP contribution in [-0.4, -0.2) is 34.9 Å². The molecule has 2 rings (SSSR count). The summed E-state index contributed by atoms with van der Waals surface area (Å²) in [6, 6.07) is 3.52. The first-order valence-electron chi connectivity index (χ1n) is 6.74. The van der Waals surface area contributed by atoms with E-state index in [9.17, 15) is 9.59 Å². The lowest BCUT2D eigenvalue weighted by atomic mass is 9.93. The highest BCUT2D eigenvalue weighted by atomic mass is 16.2. The standard InChI is InChI=1S/C14H21N3O2/c1-9-3-6-12(13(18)16-9)14(19)17-8-11(7-15)5-4-10(17)2/h3,6,10-11H,4-5,7-8,15H2,1-2H3,(H,16,18). The van der Waals surface area contributed by atoms with Crippen molar-refractivity contribution in [2.24, 2.45) is 11.7 Å². The van der Waals surface area contributed by atoms with Crippen LogP contribution in [0.3, 0.4) is 0 Å². The van der Waals surface area contributed by atoms with E-state index in [1.165, 1.54) is 0 Å². The lowest BCUT2D eigenvalue weighted by Crippen LogP contribution is -2.48. The van der Waals surface area contributed by atoms with E-state index < -0.39 is 0 Å². The molecule has 1 aliphatic heterocycles. The minimum atomic E-state index is -0.313. The second kappa shape index (κ2) is 5.57. The van der Waals surface area contributed by atoms with E-state index in [0.29, 0.717) is 19.0 Å². The van der Waals surface area contributed by atoms with E-state index in [1.54, 1.807) is 24.0 Å². The summed E-state index contributed by atoms with van der Waals surface area (Å²) in [6.45, 7) is 5.04. The number of nitrogens with one attached hydrogen (secondary N) is 1. The number of nitrogens with zero attached hydrogens (tertiary/aromatic N) is 1. The van der Waals surface area contributed by atoms with E-state index in [2.05, 4.69) is 4.98 Å². The molecule has 0 aliphatic carbocycles. The van der Waals surface area contributed by atoms with Crippen LogP contribution in [0, 0.1) is 12.8 Å². The summed E-state index contributed by atoms with van der Waals surface area (Å²) in [5.74, 6) is 0.150. The molecule has 1 aromatic rings. The van der Waals surface area contributed by atoms with Crippen molar-refractivity contribution in [3.05, 3.63) is 33.7 Å². The third-order valence-electron chi connectivity index (χ3n) is 3.86. The molecular formula is C14H21N3O2. The maximum absolute atomic E-state index is 12.5. The number of amides is 1. The number of hydrogen-bond acceptors (Lipinski definition) is 3. The highest BCUT2D eigenvalue weighted by Crippen LogP contribution is 2.22. The summed E-state index contributed by atoms with van der Waals surface area (Å²) >= 11 is 0. The molecule has 0 aromatic carbocycles. The molecular weight excluding hydrogens is 242 g/mol. The monoisotopic (exact) mass is 263 g/mol. The van der Waals surface area contributed by atoms with Crippen molar-refractivity contribution in [2.75, 3.05) is 13.1 Å². The van der Waals surface area contributed by atoms with Gasteiger partial charge in [0.05, 0.1) is 0 Å². The molecule has 104 valence electrons. The van der Waals surface area contributed by atoms with Crippen molar-refractivity contribution in [3.63, 3.8) is 0 Å². The Hall–Kier alpha value is -1.62. The summed E-state index contributed by atoms with van der Waals surface area (Å²) in [5, 5.41) is 0. The summed E-state index contributed by atoms with van der Waals surface area (Å²) in [4.78, 5) is 28.8. The molecule has 0 spiro atoms. The second-order valence-corrected chi connectivity index (χ2v) is 5.37. The van der Waals surface area contributed by atoms with Gasteiger partial charge in [-0.25, -0.2) is 0 Å². The molecule has 3 N–H and O–H groups in total. The Morgan fingerprint density at radius 1 is 1.47 bits per heavy atom. The maximum atomic E-state index is 12.5. The fourth-order valence-electron chi connectivity index (χ4n) is 2.55. The van der Waals surface area contributed by atoms with Crippen LogP contribution in [0.25, 0.3) is 0 Å². The van der Waals surface area contributed by atoms with Gasteiger partial charge < -0.3 is 15.6 Å². The largest absolute Gasteiger partial charge is 0.335 e. The van der Waals surface area contributed by atoms with Crippen LogP contribution in [0.2, 0.25) is 0 Å². The SMILES string of the molecule is Cc1ccc(C(=O)N2CC(CN)CCC2C)c(=O)[nH]1. The summed E-state index contributed by atoms with van der Waals surface area (Å²) in [7, 11) is 0. The molecule has 1 aromatic heterocycles. The molecule has 2 atom stereocenters. The van der Waals surface area contributed by atoms with Crippen molar-refractivity contribution in [1.29, 1.82) is 0 Å². The van der Waals surface area contributed by atoms with Gasteiger partial charge in [0.15, 0.2) is 0 Å². The van der Waals surface area contributed by atoms with Gasteiger partial charge in [0, 0.05) is 18.3 Å². The predicted octanol–water partition coefficient (Wildman–Crippen LogP) is 0.883. The third-order valence-corrected chi connectivity index (χ3v) is 3.86. The Morgan fingerprint density at radius 3 is 2.84 bits per heavy atom. The van der Waals surface area contributed by atoms with Crippen molar-refractivity contribution in [3.8, 4) is 0 Å². The Morgan fingerprint density at radius 2 is 2.21 bits per heavy atom. The van der Waals surface area contributed by atoms with E-state index >= 15 is 0 Å². The van der Waals surface area contributed by atoms with Gasteiger partial charge in [-0.3, -0.25) is 9.59 Å². The summed E-state index contributed by atoms with van der Waals surface area (Å²) in [6.07, 6.45) is 1.99. The van der Waals surface area contributed by atoms with Gasteiger partial charge in [-0.05, 0) is 51.3 Å². The van der Waals surface area contributed by atoms with Gasteiger partial charge >= 0.3 is 0 Å². The van der Waals surface area contributed by atoms with Crippen LogP contribution < -0.4 is 11.3 Å². The molecule has 0 bridgehead atoms. The molecule has 5 heteroatoms. The number of carbonyl (C=O) groups is 1. The molecule has 1 aliphatic rings. The topological polar surface area (TPSA) is 79.2 Å². The Kier molecular flexibility index (Phi) is 4.04. The van der Waals surface area contributed by atoms with Crippen molar-refractivity contribution < 1.29 is 4.79 Å². The number of pyridine rings is 1. The van der Waals surface area contributed by atoms with Gasteiger partial charge in [0.1, 0.15) is 5.56 Å². The first-order valence-corrected chi connectivity index (χ1v) is 6.74. The second-order valence-electron chi connectivity index (χ2n) is 5.37. The molecule has 2 heterocycles. The third kappa shape index (κ3) is 2.87. The average Bonchev–Trinajstić information content (AvgIpc) is 2.38. The normalized spacial score (nSPS) is 23.4. The fraction of sp³-hybridized carbons (Fsp3) is 0.571. The zero-order chi connectivity index (χ0) is 14.0. The fourth-order valence-corrected chi connectivity index (χ4v) is 2.55. The Bertz CT molecular complexity index is 524. The number of carbonyl (C=O) groups excluding carboxylic acids is 1.